The smallest absolute Gasteiger partial charge is 0.328 e. The van der Waals surface area contributed by atoms with E-state index >= 15 is 0 Å². The van der Waals surface area contributed by atoms with E-state index in [2.05, 4.69) is 10.6 Å². The number of amides is 4. The van der Waals surface area contributed by atoms with Crippen LogP contribution in [0.1, 0.15) is 5.56 Å². The van der Waals surface area contributed by atoms with Gasteiger partial charge in [-0.1, -0.05) is 23.7 Å². The summed E-state index contributed by atoms with van der Waals surface area (Å²) in [5, 5.41) is 10.2. The molecule has 3 aromatic rings. The van der Waals surface area contributed by atoms with Gasteiger partial charge in [-0.3, -0.25) is 25.1 Å². The van der Waals surface area contributed by atoms with E-state index in [1.807, 2.05) is 4.90 Å². The van der Waals surface area contributed by atoms with Crippen LogP contribution in [0.4, 0.5) is 10.5 Å². The molecule has 0 saturated carbocycles. The van der Waals surface area contributed by atoms with E-state index in [1.165, 1.54) is 12.1 Å². The van der Waals surface area contributed by atoms with Gasteiger partial charge in [0.15, 0.2) is 0 Å². The van der Waals surface area contributed by atoms with Gasteiger partial charge in [0.05, 0.1) is 4.90 Å². The number of imide groups is 2. The van der Waals surface area contributed by atoms with Crippen LogP contribution in [0, 0.1) is 0 Å². The zero-order valence-corrected chi connectivity index (χ0v) is 22.0. The summed E-state index contributed by atoms with van der Waals surface area (Å²) >= 11 is 5.93. The zero-order chi connectivity index (χ0) is 27.8. The van der Waals surface area contributed by atoms with Gasteiger partial charge < -0.3 is 9.64 Å². The Labute approximate surface area is 229 Å². The number of carbonyl (C=O) groups excluding carboxylic acids is 3. The minimum atomic E-state index is -3.81. The Balaban J connectivity index is 1.39. The van der Waals surface area contributed by atoms with Gasteiger partial charge in [-0.2, -0.15) is 0 Å². The monoisotopic (exact) mass is 569 g/mol. The van der Waals surface area contributed by atoms with Gasteiger partial charge in [0.1, 0.15) is 11.5 Å². The number of urea groups is 1. The van der Waals surface area contributed by atoms with Gasteiger partial charge in [0.25, 0.3) is 11.8 Å². The molecule has 0 radical (unpaired) electrons. The molecule has 0 spiro atoms. The van der Waals surface area contributed by atoms with Crippen molar-refractivity contribution in [3.05, 3.63) is 83.4 Å². The minimum Gasteiger partial charge on any atom is -0.457 e. The molecule has 0 aliphatic carbocycles. The van der Waals surface area contributed by atoms with Crippen LogP contribution < -0.4 is 25.4 Å². The number of nitrogens with two attached hydrogens (primary N) is 1. The number of hydrogen-bond donors (Lipinski definition) is 3. The Morgan fingerprint density at radius 3 is 1.79 bits per heavy atom. The Morgan fingerprint density at radius 2 is 1.28 bits per heavy atom. The summed E-state index contributed by atoms with van der Waals surface area (Å²) < 4.78 is 29.0. The molecule has 2 heterocycles. The number of benzene rings is 3. The largest absolute Gasteiger partial charge is 0.457 e. The van der Waals surface area contributed by atoms with Crippen molar-refractivity contribution < 1.29 is 27.5 Å². The van der Waals surface area contributed by atoms with E-state index in [0.717, 1.165) is 5.69 Å². The van der Waals surface area contributed by atoms with E-state index in [-0.39, 0.29) is 4.90 Å². The van der Waals surface area contributed by atoms with Crippen LogP contribution in [0.5, 0.6) is 11.5 Å². The number of nitrogens with one attached hydrogen (secondary N) is 2. The molecule has 2 aliphatic rings. The second-order valence-electron chi connectivity index (χ2n) is 9.04. The van der Waals surface area contributed by atoms with Gasteiger partial charge in [-0.05, 0) is 66.2 Å². The van der Waals surface area contributed by atoms with Crippen LogP contribution in [-0.2, 0) is 25.2 Å². The summed E-state index contributed by atoms with van der Waals surface area (Å²) in [5.74, 6) is -0.437. The summed E-state index contributed by atoms with van der Waals surface area (Å²) in [7, 11) is -3.81. The average Bonchev–Trinajstić information content (AvgIpc) is 2.91. The van der Waals surface area contributed by atoms with Crippen LogP contribution in [0.25, 0.3) is 0 Å². The highest BCUT2D eigenvalue weighted by Gasteiger charge is 2.56. The molecule has 11 nitrogen and oxygen atoms in total. The molecule has 4 amide bonds. The number of sulfonamides is 1. The number of barbiturate groups is 1. The first-order valence-electron chi connectivity index (χ1n) is 11.9. The minimum absolute atomic E-state index is 0.00698. The highest BCUT2D eigenvalue weighted by atomic mass is 35.5. The third kappa shape index (κ3) is 5.19. The van der Waals surface area contributed by atoms with Gasteiger partial charge in [-0.15, -0.1) is 0 Å². The second kappa shape index (κ2) is 10.3. The Hall–Kier alpha value is -3.97. The maximum Gasteiger partial charge on any atom is 0.328 e. The number of ether oxygens (including phenoxy) is 1. The summed E-state index contributed by atoms with van der Waals surface area (Å²) in [5.41, 5.74) is -0.636. The van der Waals surface area contributed by atoms with Gasteiger partial charge >= 0.3 is 6.03 Å². The molecule has 5 rings (SSSR count). The fraction of sp³-hybridized carbons (Fsp3) is 0.192. The number of piperazine rings is 1. The molecule has 2 saturated heterocycles. The van der Waals surface area contributed by atoms with Crippen molar-refractivity contribution >= 4 is 45.2 Å². The lowest BCUT2D eigenvalue weighted by Gasteiger charge is -2.47. The predicted octanol–water partition coefficient (Wildman–Crippen LogP) is 2.16. The lowest BCUT2D eigenvalue weighted by Crippen LogP contribution is -2.73. The summed E-state index contributed by atoms with van der Waals surface area (Å²) in [4.78, 5) is 42.4. The lowest BCUT2D eigenvalue weighted by atomic mass is 9.84. The number of nitrogens with zero attached hydrogens (tertiary/aromatic N) is 2. The summed E-state index contributed by atoms with van der Waals surface area (Å²) in [6, 6.07) is 18.7. The fourth-order valence-electron chi connectivity index (χ4n) is 4.80. The number of anilines is 1. The summed E-state index contributed by atoms with van der Waals surface area (Å²) in [6.07, 6.45) is 0. The van der Waals surface area contributed by atoms with Crippen molar-refractivity contribution in [1.29, 1.82) is 0 Å². The number of primary sulfonamides is 1. The average molecular weight is 570 g/mol. The molecule has 2 aliphatic heterocycles. The molecule has 0 bridgehead atoms. The normalized spacial score (nSPS) is 17.9. The van der Waals surface area contributed by atoms with E-state index in [9.17, 15) is 22.8 Å². The lowest BCUT2D eigenvalue weighted by molar-refractivity contribution is -0.149. The standard InChI is InChI=1S/C26H24ClN5O6S/c27-18-3-9-21(10-4-18)38-20-7-1-17(2-8-20)26(23(33)29-25(35)30-24(26)34)32-15-13-31(14-16-32)19-5-11-22(12-6-19)39(28,36)37/h1-12H,13-16H2,(H2,28,36,37)(H2,29,30,33,34,35). The van der Waals surface area contributed by atoms with Crippen molar-refractivity contribution in [2.24, 2.45) is 5.14 Å². The zero-order valence-electron chi connectivity index (χ0n) is 20.5. The van der Waals surface area contributed by atoms with Crippen LogP contribution in [-0.4, -0.2) is 57.3 Å². The first-order valence-corrected chi connectivity index (χ1v) is 13.8. The van der Waals surface area contributed by atoms with E-state index in [1.54, 1.807) is 65.6 Å². The van der Waals surface area contributed by atoms with E-state index in [4.69, 9.17) is 21.5 Å². The van der Waals surface area contributed by atoms with Gasteiger partial charge in [-0.25, -0.2) is 18.4 Å². The third-order valence-corrected chi connectivity index (χ3v) is 7.90. The first kappa shape index (κ1) is 26.6. The number of carbonyl (C=O) groups is 3. The van der Waals surface area contributed by atoms with E-state index < -0.39 is 33.4 Å². The Bertz CT molecular complexity index is 1500. The Morgan fingerprint density at radius 1 is 0.769 bits per heavy atom. The van der Waals surface area contributed by atoms with Gasteiger partial charge in [0.2, 0.25) is 15.6 Å². The number of halogens is 1. The maximum absolute atomic E-state index is 13.4. The molecule has 202 valence electrons. The van der Waals surface area contributed by atoms with Crippen molar-refractivity contribution in [2.45, 2.75) is 10.4 Å². The SMILES string of the molecule is NS(=O)(=O)c1ccc(N2CCN(C3(c4ccc(Oc5ccc(Cl)cc5)cc4)C(=O)NC(=O)NC3=O)CC2)cc1. The molecular formula is C26H24ClN5O6S. The quantitative estimate of drug-likeness (QED) is 0.382. The topological polar surface area (TPSA) is 151 Å². The van der Waals surface area contributed by atoms with Crippen molar-refractivity contribution in [2.75, 3.05) is 31.1 Å². The molecule has 0 atom stereocenters. The second-order valence-corrected chi connectivity index (χ2v) is 11.0. The van der Waals surface area contributed by atoms with Crippen LogP contribution in [0.15, 0.2) is 77.7 Å². The highest BCUT2D eigenvalue weighted by Crippen LogP contribution is 2.35. The van der Waals surface area contributed by atoms with Crippen molar-refractivity contribution in [3.8, 4) is 11.5 Å². The molecule has 2 fully saturated rings. The fourth-order valence-corrected chi connectivity index (χ4v) is 5.44. The molecule has 13 heteroatoms. The maximum atomic E-state index is 13.4. The third-order valence-electron chi connectivity index (χ3n) is 6.72. The molecule has 0 aromatic heterocycles. The highest BCUT2D eigenvalue weighted by molar-refractivity contribution is 7.89. The number of hydrogen-bond acceptors (Lipinski definition) is 8. The predicted molar refractivity (Wildman–Crippen MR) is 143 cm³/mol. The van der Waals surface area contributed by atoms with Crippen LogP contribution >= 0.6 is 11.6 Å². The van der Waals surface area contributed by atoms with Crippen LogP contribution in [0.2, 0.25) is 5.02 Å². The molecule has 4 N–H and O–H groups in total. The molecule has 0 unspecified atom stereocenters. The number of rotatable bonds is 6. The van der Waals surface area contributed by atoms with Gasteiger partial charge in [0, 0.05) is 36.9 Å². The van der Waals surface area contributed by atoms with Crippen LogP contribution in [0.3, 0.4) is 0 Å². The summed E-state index contributed by atoms with van der Waals surface area (Å²) in [6.45, 7) is 1.47. The molecule has 3 aromatic carbocycles. The van der Waals surface area contributed by atoms with E-state index in [0.29, 0.717) is 48.3 Å². The first-order chi connectivity index (χ1) is 18.6. The Kier molecular flexibility index (Phi) is 7.03. The van der Waals surface area contributed by atoms with Crippen molar-refractivity contribution in [3.63, 3.8) is 0 Å². The van der Waals surface area contributed by atoms with Crippen molar-refractivity contribution in [1.82, 2.24) is 15.5 Å². The molecule has 39 heavy (non-hydrogen) atoms. The molecular weight excluding hydrogens is 546 g/mol.